The highest BCUT2D eigenvalue weighted by Crippen LogP contribution is 2.30. The number of aromatic nitrogens is 2. The molecule has 0 N–H and O–H groups in total. The number of rotatable bonds is 1. The van der Waals surface area contributed by atoms with Crippen LogP contribution < -0.4 is 0 Å². The van der Waals surface area contributed by atoms with Crippen LogP contribution >= 0.6 is 0 Å². The van der Waals surface area contributed by atoms with E-state index in [4.69, 9.17) is 4.98 Å². The molecule has 1 aromatic heterocycles. The third-order valence-corrected chi connectivity index (χ3v) is 5.15. The second-order valence-corrected chi connectivity index (χ2v) is 6.55. The Hall–Kier alpha value is -1.35. The van der Waals surface area contributed by atoms with Gasteiger partial charge in [-0.05, 0) is 44.4 Å². The first-order valence-corrected chi connectivity index (χ1v) is 7.94. The summed E-state index contributed by atoms with van der Waals surface area (Å²) in [6.07, 6.45) is 5.30. The second kappa shape index (κ2) is 4.59. The molecule has 1 aromatic carbocycles. The van der Waals surface area contributed by atoms with E-state index in [0.29, 0.717) is 6.04 Å². The van der Waals surface area contributed by atoms with Crippen LogP contribution in [0.15, 0.2) is 18.2 Å². The number of aryl methyl sites for hydroxylation is 1. The lowest BCUT2D eigenvalue weighted by Gasteiger charge is -2.40. The predicted octanol–water partition coefficient (Wildman–Crippen LogP) is 3.14. The molecule has 2 heterocycles. The summed E-state index contributed by atoms with van der Waals surface area (Å²) in [6.45, 7) is 6.79. The average molecular weight is 269 g/mol. The monoisotopic (exact) mass is 269 g/mol. The van der Waals surface area contributed by atoms with Crippen LogP contribution in [-0.4, -0.2) is 33.1 Å². The first kappa shape index (κ1) is 12.4. The summed E-state index contributed by atoms with van der Waals surface area (Å²) in [6, 6.07) is 8.12. The first-order valence-electron chi connectivity index (χ1n) is 7.94. The fraction of sp³-hybridized carbons (Fsp3) is 0.588. The zero-order valence-electron chi connectivity index (χ0n) is 12.5. The van der Waals surface area contributed by atoms with Gasteiger partial charge in [0.2, 0.25) is 0 Å². The molecule has 3 nitrogen and oxygen atoms in total. The van der Waals surface area contributed by atoms with Gasteiger partial charge in [0.25, 0.3) is 0 Å². The van der Waals surface area contributed by atoms with Gasteiger partial charge in [-0.25, -0.2) is 4.98 Å². The van der Waals surface area contributed by atoms with Gasteiger partial charge in [0, 0.05) is 31.6 Å². The van der Waals surface area contributed by atoms with Gasteiger partial charge < -0.3 is 4.57 Å². The summed E-state index contributed by atoms with van der Waals surface area (Å²) in [7, 11) is 0. The number of hydrogen-bond acceptors (Lipinski definition) is 2. The smallest absolute Gasteiger partial charge is 0.111 e. The fourth-order valence-electron chi connectivity index (χ4n) is 3.77. The van der Waals surface area contributed by atoms with Gasteiger partial charge in [0.1, 0.15) is 5.82 Å². The van der Waals surface area contributed by atoms with Crippen molar-refractivity contribution in [1.29, 1.82) is 0 Å². The van der Waals surface area contributed by atoms with E-state index < -0.39 is 0 Å². The largest absolute Gasteiger partial charge is 0.327 e. The summed E-state index contributed by atoms with van der Waals surface area (Å²) in [5.74, 6) is 1.28. The van der Waals surface area contributed by atoms with Crippen LogP contribution in [0, 0.1) is 6.92 Å². The standard InChI is InChI=1S/C17H23N3/c1-12-6-7-16-15(10-12)18-17-11-13(2)19(8-9-20(16)17)14-4-3-5-14/h6-7,10,13-14H,3-5,8-9,11H2,1-2H3. The normalized spacial score (nSPS) is 24.4. The molecule has 1 aliphatic heterocycles. The topological polar surface area (TPSA) is 21.1 Å². The van der Waals surface area contributed by atoms with Crippen molar-refractivity contribution in [2.24, 2.45) is 0 Å². The average Bonchev–Trinajstić information content (AvgIpc) is 2.60. The van der Waals surface area contributed by atoms with E-state index in [9.17, 15) is 0 Å². The summed E-state index contributed by atoms with van der Waals surface area (Å²) in [4.78, 5) is 7.62. The van der Waals surface area contributed by atoms with E-state index in [2.05, 4.69) is 41.5 Å². The molecule has 0 amide bonds. The van der Waals surface area contributed by atoms with Crippen LogP contribution in [0.1, 0.15) is 37.6 Å². The van der Waals surface area contributed by atoms with Gasteiger partial charge in [-0.3, -0.25) is 4.90 Å². The molecule has 4 rings (SSSR count). The van der Waals surface area contributed by atoms with Crippen LogP contribution in [0.25, 0.3) is 11.0 Å². The first-order chi connectivity index (χ1) is 9.72. The minimum absolute atomic E-state index is 0.624. The van der Waals surface area contributed by atoms with Crippen molar-refractivity contribution in [3.05, 3.63) is 29.6 Å². The summed E-state index contributed by atoms with van der Waals surface area (Å²) in [5, 5.41) is 0. The van der Waals surface area contributed by atoms with Crippen LogP contribution in [0.2, 0.25) is 0 Å². The molecule has 1 atom stereocenters. The van der Waals surface area contributed by atoms with Crippen LogP contribution in [0.4, 0.5) is 0 Å². The molecule has 1 unspecified atom stereocenters. The maximum Gasteiger partial charge on any atom is 0.111 e. The molecule has 0 saturated heterocycles. The molecule has 1 fully saturated rings. The third-order valence-electron chi connectivity index (χ3n) is 5.15. The number of benzene rings is 1. The SMILES string of the molecule is Cc1ccc2c(c1)nc1n2CCN(C2CCC2)C(C)C1. The quantitative estimate of drug-likeness (QED) is 0.793. The second-order valence-electron chi connectivity index (χ2n) is 6.55. The van der Waals surface area contributed by atoms with Crippen LogP contribution in [0.5, 0.6) is 0 Å². The predicted molar refractivity (Wildman–Crippen MR) is 82.0 cm³/mol. The Balaban J connectivity index is 1.70. The van der Waals surface area contributed by atoms with Crippen molar-refractivity contribution >= 4 is 11.0 Å². The lowest BCUT2D eigenvalue weighted by Crippen LogP contribution is -2.46. The zero-order valence-corrected chi connectivity index (χ0v) is 12.5. The molecule has 0 radical (unpaired) electrons. The van der Waals surface area contributed by atoms with Crippen molar-refractivity contribution in [3.63, 3.8) is 0 Å². The number of nitrogens with zero attached hydrogens (tertiary/aromatic N) is 3. The van der Waals surface area contributed by atoms with Crippen molar-refractivity contribution in [2.45, 2.75) is 58.2 Å². The molecule has 1 aliphatic carbocycles. The summed E-state index contributed by atoms with van der Waals surface area (Å²) >= 11 is 0. The van der Waals surface area contributed by atoms with Crippen LogP contribution in [0.3, 0.4) is 0 Å². The number of imidazole rings is 1. The Labute approximate surface area is 120 Å². The molecule has 1 saturated carbocycles. The zero-order chi connectivity index (χ0) is 13.7. The molecular formula is C17H23N3. The third kappa shape index (κ3) is 1.87. The summed E-state index contributed by atoms with van der Waals surface area (Å²) in [5.41, 5.74) is 3.78. The molecule has 0 spiro atoms. The highest BCUT2D eigenvalue weighted by atomic mass is 15.2. The van der Waals surface area contributed by atoms with Crippen molar-refractivity contribution in [2.75, 3.05) is 6.54 Å². The maximum absolute atomic E-state index is 4.90. The minimum Gasteiger partial charge on any atom is -0.327 e. The molecule has 0 bridgehead atoms. The van der Waals surface area contributed by atoms with Crippen molar-refractivity contribution in [3.8, 4) is 0 Å². The highest BCUT2D eigenvalue weighted by Gasteiger charge is 2.31. The van der Waals surface area contributed by atoms with Gasteiger partial charge >= 0.3 is 0 Å². The fourth-order valence-corrected chi connectivity index (χ4v) is 3.77. The van der Waals surface area contributed by atoms with Gasteiger partial charge in [-0.1, -0.05) is 12.5 Å². The Morgan fingerprint density at radius 3 is 2.80 bits per heavy atom. The minimum atomic E-state index is 0.624. The van der Waals surface area contributed by atoms with Crippen molar-refractivity contribution < 1.29 is 0 Å². The van der Waals surface area contributed by atoms with E-state index in [1.807, 2.05) is 0 Å². The number of hydrogen-bond donors (Lipinski definition) is 0. The van der Waals surface area contributed by atoms with Crippen molar-refractivity contribution in [1.82, 2.24) is 14.5 Å². The molecule has 2 aromatic rings. The molecular weight excluding hydrogens is 246 g/mol. The molecule has 106 valence electrons. The Morgan fingerprint density at radius 2 is 2.05 bits per heavy atom. The van der Waals surface area contributed by atoms with E-state index in [1.165, 1.54) is 48.2 Å². The lowest BCUT2D eigenvalue weighted by molar-refractivity contribution is 0.0893. The van der Waals surface area contributed by atoms with E-state index in [-0.39, 0.29) is 0 Å². The maximum atomic E-state index is 4.90. The van der Waals surface area contributed by atoms with Gasteiger partial charge in [0.05, 0.1) is 11.0 Å². The van der Waals surface area contributed by atoms with E-state index in [0.717, 1.165) is 19.0 Å². The van der Waals surface area contributed by atoms with Gasteiger partial charge in [-0.15, -0.1) is 0 Å². The van der Waals surface area contributed by atoms with E-state index in [1.54, 1.807) is 0 Å². The van der Waals surface area contributed by atoms with Gasteiger partial charge in [-0.2, -0.15) is 0 Å². The lowest BCUT2D eigenvalue weighted by atomic mass is 9.90. The number of fused-ring (bicyclic) bond motifs is 3. The highest BCUT2D eigenvalue weighted by molar-refractivity contribution is 5.77. The van der Waals surface area contributed by atoms with Crippen LogP contribution in [-0.2, 0) is 13.0 Å². The molecule has 20 heavy (non-hydrogen) atoms. The Morgan fingerprint density at radius 1 is 1.20 bits per heavy atom. The Bertz CT molecular complexity index is 639. The Kier molecular flexibility index (Phi) is 2.84. The van der Waals surface area contributed by atoms with Gasteiger partial charge in [0.15, 0.2) is 0 Å². The molecule has 2 aliphatic rings. The summed E-state index contributed by atoms with van der Waals surface area (Å²) < 4.78 is 2.45. The van der Waals surface area contributed by atoms with E-state index >= 15 is 0 Å². The molecule has 3 heteroatoms.